The van der Waals surface area contributed by atoms with Crippen molar-refractivity contribution in [3.8, 4) is 0 Å². The quantitative estimate of drug-likeness (QED) is 0.0697. The van der Waals surface area contributed by atoms with Crippen LogP contribution in [0.5, 0.6) is 0 Å². The lowest BCUT2D eigenvalue weighted by Crippen LogP contribution is -2.56. The third-order valence-electron chi connectivity index (χ3n) is 8.86. The first kappa shape index (κ1) is 39.7. The number of rotatable bonds is 19. The highest BCUT2D eigenvalue weighted by molar-refractivity contribution is 6.26. The number of nitrogens with one attached hydrogen (secondary N) is 2. The summed E-state index contributed by atoms with van der Waals surface area (Å²) in [5.74, 6) is -1.71. The van der Waals surface area contributed by atoms with Gasteiger partial charge in [0.1, 0.15) is 29.5 Å². The number of nitrogens with zero attached hydrogens (tertiary/aromatic N) is 1. The fourth-order valence-electron chi connectivity index (χ4n) is 6.13. The molecule has 13 heteroatoms. The smallest absolute Gasteiger partial charge is 0.408 e. The molecule has 0 aromatic rings. The van der Waals surface area contributed by atoms with Crippen molar-refractivity contribution < 1.29 is 37.5 Å². The number of likely N-dealkylation sites (tertiary alicyclic amines) is 1. The molecule has 1 saturated carbocycles. The van der Waals surface area contributed by atoms with Crippen molar-refractivity contribution in [2.24, 2.45) is 17.3 Å². The maximum Gasteiger partial charge on any atom is 0.408 e. The molecule has 2 rings (SSSR count). The van der Waals surface area contributed by atoms with Crippen LogP contribution in [0.15, 0.2) is 25.3 Å². The van der Waals surface area contributed by atoms with Crippen molar-refractivity contribution in [3.63, 3.8) is 0 Å². The zero-order chi connectivity index (χ0) is 34.7. The summed E-state index contributed by atoms with van der Waals surface area (Å²) < 4.78 is 23.1. The molecule has 1 heterocycles. The van der Waals surface area contributed by atoms with E-state index in [0.29, 0.717) is 25.7 Å². The van der Waals surface area contributed by atoms with E-state index >= 15 is 0 Å². The van der Waals surface area contributed by atoms with Gasteiger partial charge in [0.25, 0.3) is 0 Å². The average molecular weight is 682 g/mol. The topological polar surface area (TPSA) is 132 Å². The maximum absolute atomic E-state index is 14.4. The van der Waals surface area contributed by atoms with Crippen LogP contribution in [0.4, 0.5) is 4.79 Å². The lowest BCUT2D eigenvalue weighted by molar-refractivity contribution is -0.150. The van der Waals surface area contributed by atoms with Gasteiger partial charge < -0.3 is 33.9 Å². The maximum atomic E-state index is 14.4. The number of carbonyl (C=O) groups excluding carboxylic acids is 4. The van der Waals surface area contributed by atoms with Gasteiger partial charge in [-0.15, -0.1) is 13.2 Å². The van der Waals surface area contributed by atoms with Gasteiger partial charge in [-0.05, 0) is 65.7 Å². The number of unbranched alkanes of at least 4 members (excludes halogenated alkanes) is 3. The molecule has 0 aromatic carbocycles. The molecule has 0 bridgehead atoms. The van der Waals surface area contributed by atoms with Crippen molar-refractivity contribution in [2.75, 3.05) is 13.2 Å². The molecule has 1 saturated heterocycles. The largest absolute Gasteiger partial charge is 0.464 e. The number of allylic oxidation sites excluding steroid dienone is 1. The predicted molar refractivity (Wildman–Crippen MR) is 184 cm³/mol. The fourth-order valence-corrected chi connectivity index (χ4v) is 7.98. The van der Waals surface area contributed by atoms with E-state index in [1.807, 2.05) is 19.2 Å². The monoisotopic (exact) mass is 681 g/mol. The summed E-state index contributed by atoms with van der Waals surface area (Å²) in [4.78, 5) is 56.0. The minimum absolute atomic E-state index is 0.152. The van der Waals surface area contributed by atoms with Gasteiger partial charge in [0, 0.05) is 17.9 Å². The summed E-state index contributed by atoms with van der Waals surface area (Å²) in [6, 6.07) is -1.78. The van der Waals surface area contributed by atoms with Gasteiger partial charge in [-0.25, -0.2) is 9.59 Å². The van der Waals surface area contributed by atoms with Gasteiger partial charge >= 0.3 is 12.1 Å². The van der Waals surface area contributed by atoms with E-state index in [1.54, 1.807) is 38.7 Å². The first-order valence-corrected chi connectivity index (χ1v) is 20.9. The Morgan fingerprint density at radius 2 is 1.70 bits per heavy atom. The summed E-state index contributed by atoms with van der Waals surface area (Å²) in [6.45, 7) is 23.3. The number of ether oxygens (including phenoxy) is 2. The molecule has 11 nitrogen and oxygen atoms in total. The van der Waals surface area contributed by atoms with Crippen LogP contribution in [-0.2, 0) is 32.7 Å². The first-order chi connectivity index (χ1) is 21.6. The lowest BCUT2D eigenvalue weighted by Gasteiger charge is -2.39. The molecule has 0 radical (unpaired) electrons. The summed E-state index contributed by atoms with van der Waals surface area (Å²) >= 11 is 0. The Morgan fingerprint density at radius 3 is 2.22 bits per heavy atom. The third kappa shape index (κ3) is 10.5. The van der Waals surface area contributed by atoms with Crippen LogP contribution in [0.25, 0.3) is 0 Å². The van der Waals surface area contributed by atoms with Crippen LogP contribution in [0, 0.1) is 17.3 Å². The zero-order valence-electron chi connectivity index (χ0n) is 29.4. The van der Waals surface area contributed by atoms with Crippen molar-refractivity contribution in [2.45, 2.75) is 129 Å². The average Bonchev–Trinajstić information content (AvgIpc) is 3.49. The van der Waals surface area contributed by atoms with Crippen LogP contribution in [0.3, 0.4) is 0 Å². The van der Waals surface area contributed by atoms with Crippen LogP contribution in [-0.4, -0.2) is 91.0 Å². The summed E-state index contributed by atoms with van der Waals surface area (Å²) in [5.41, 5.74) is -2.46. The fraction of sp³-hybridized carbons (Fsp3) is 0.758. The minimum Gasteiger partial charge on any atom is -0.464 e. The second-order valence-electron chi connectivity index (χ2n) is 13.9. The minimum atomic E-state index is -1.20. The zero-order valence-corrected chi connectivity index (χ0v) is 32.3. The van der Waals surface area contributed by atoms with E-state index in [-0.39, 0.29) is 30.9 Å². The number of amides is 3. The molecule has 5 atom stereocenters. The Morgan fingerprint density at radius 1 is 1.04 bits per heavy atom. The van der Waals surface area contributed by atoms with Gasteiger partial charge in [-0.2, -0.15) is 0 Å². The molecule has 262 valence electrons. The van der Waals surface area contributed by atoms with Crippen LogP contribution >= 0.6 is 0 Å². The van der Waals surface area contributed by atoms with Gasteiger partial charge in [-0.3, -0.25) is 9.59 Å². The summed E-state index contributed by atoms with van der Waals surface area (Å²) in [5, 5.41) is 5.76. The van der Waals surface area contributed by atoms with Crippen molar-refractivity contribution >= 4 is 43.4 Å². The SMILES string of the molecule is C=CCCCCCC(NC(=O)OC(C)(C)C)C(=O)N1CC(C(C)(C)C(O[SiH2]C)O[SiH2]C)CC1C(=O)NC1(C(=O)OCC)CC1C=C. The van der Waals surface area contributed by atoms with Crippen molar-refractivity contribution in [1.29, 1.82) is 0 Å². The molecule has 2 aliphatic rings. The first-order valence-electron chi connectivity index (χ1n) is 16.9. The van der Waals surface area contributed by atoms with E-state index in [9.17, 15) is 19.2 Å². The highest BCUT2D eigenvalue weighted by atomic mass is 28.2. The standard InChI is InChI=1S/C33H59N3O8Si2/c1-11-14-15-16-17-18-24(34-30(40)42-31(4,5)6)27(38)36-21-23(32(7,8)29(43-45-9)44-46-10)19-25(36)26(37)35-33(20-22(33)12-2)28(39)41-13-3/h11-12,22-25,29H,1-2,13-21,45-46H2,3-10H3,(H,34,40)(H,35,37). The number of carbonyl (C=O) groups is 4. The second kappa shape index (κ2) is 17.6. The number of alkyl carbamates (subject to hydrolysis) is 1. The highest BCUT2D eigenvalue weighted by Crippen LogP contribution is 2.47. The van der Waals surface area contributed by atoms with Gasteiger partial charge in [-0.1, -0.05) is 51.9 Å². The highest BCUT2D eigenvalue weighted by Gasteiger charge is 2.62. The van der Waals surface area contributed by atoms with E-state index in [2.05, 4.69) is 37.6 Å². The third-order valence-corrected chi connectivity index (χ3v) is 10.1. The Bertz CT molecular complexity index is 1080. The molecule has 46 heavy (non-hydrogen) atoms. The van der Waals surface area contributed by atoms with E-state index in [1.165, 1.54) is 0 Å². The Labute approximate surface area is 280 Å². The summed E-state index contributed by atoms with van der Waals surface area (Å²) in [6.07, 6.45) is 6.83. The molecule has 2 N–H and O–H groups in total. The van der Waals surface area contributed by atoms with E-state index < -0.39 is 72.4 Å². The molecule has 5 unspecified atom stereocenters. The molecule has 3 amide bonds. The van der Waals surface area contributed by atoms with E-state index in [0.717, 1.165) is 19.3 Å². The van der Waals surface area contributed by atoms with Gasteiger partial charge in [0.15, 0.2) is 19.5 Å². The Hall–Kier alpha value is -2.49. The second-order valence-corrected chi connectivity index (χ2v) is 15.7. The van der Waals surface area contributed by atoms with Crippen LogP contribution < -0.4 is 10.6 Å². The predicted octanol–water partition coefficient (Wildman–Crippen LogP) is 3.51. The Kier molecular flexibility index (Phi) is 15.2. The normalized spacial score (nSPS) is 24.5. The molecular weight excluding hydrogens is 623 g/mol. The summed E-state index contributed by atoms with van der Waals surface area (Å²) in [7, 11) is -1.61. The number of esters is 1. The Balaban J connectivity index is 2.45. The molecule has 1 aliphatic heterocycles. The van der Waals surface area contributed by atoms with Gasteiger partial charge in [0.2, 0.25) is 11.8 Å². The van der Waals surface area contributed by atoms with Crippen molar-refractivity contribution in [1.82, 2.24) is 15.5 Å². The van der Waals surface area contributed by atoms with E-state index in [4.69, 9.17) is 18.3 Å². The molecule has 2 fully saturated rings. The number of hydrogen-bond acceptors (Lipinski definition) is 8. The number of hydrogen-bond donors (Lipinski definition) is 2. The van der Waals surface area contributed by atoms with Gasteiger partial charge in [0.05, 0.1) is 6.61 Å². The van der Waals surface area contributed by atoms with Crippen LogP contribution in [0.1, 0.15) is 86.5 Å². The molecular formula is C33H59N3O8Si2. The van der Waals surface area contributed by atoms with Crippen molar-refractivity contribution in [3.05, 3.63) is 25.3 Å². The lowest BCUT2D eigenvalue weighted by atomic mass is 9.77. The molecule has 0 spiro atoms. The van der Waals surface area contributed by atoms with Crippen LogP contribution in [0.2, 0.25) is 13.1 Å². The molecule has 1 aliphatic carbocycles. The molecule has 0 aromatic heterocycles.